The number of hydrogen-bond donors (Lipinski definition) is 1. The Labute approximate surface area is 115 Å². The van der Waals surface area contributed by atoms with Crippen LogP contribution in [0.25, 0.3) is 0 Å². The molecule has 4 heteroatoms. The predicted octanol–water partition coefficient (Wildman–Crippen LogP) is 2.26. The van der Waals surface area contributed by atoms with E-state index in [9.17, 15) is 0 Å². The lowest BCUT2D eigenvalue weighted by Gasteiger charge is -2.34. The highest BCUT2D eigenvalue weighted by molar-refractivity contribution is 5.82. The highest BCUT2D eigenvalue weighted by Crippen LogP contribution is 2.22. The van der Waals surface area contributed by atoms with Gasteiger partial charge in [-0.15, -0.1) is 0 Å². The Balaban J connectivity index is 2.34. The molecule has 0 aliphatic carbocycles. The molecule has 1 atom stereocenters. The molecular formula is C15H22N4. The fraction of sp³-hybridized carbons (Fsp3) is 0.400. The first-order chi connectivity index (χ1) is 9.17. The molecule has 0 bridgehead atoms. The second-order valence-electron chi connectivity index (χ2n) is 4.61. The van der Waals surface area contributed by atoms with Gasteiger partial charge in [0, 0.05) is 19.3 Å². The van der Waals surface area contributed by atoms with E-state index in [0.717, 1.165) is 18.2 Å². The molecule has 0 spiro atoms. The Morgan fingerprint density at radius 2 is 2.00 bits per heavy atom. The van der Waals surface area contributed by atoms with Gasteiger partial charge >= 0.3 is 0 Å². The highest BCUT2D eigenvalue weighted by atomic mass is 15.3. The summed E-state index contributed by atoms with van der Waals surface area (Å²) < 4.78 is 0. The largest absolute Gasteiger partial charge is 0.344 e. The van der Waals surface area contributed by atoms with Crippen LogP contribution in [-0.2, 0) is 0 Å². The molecule has 0 fully saturated rings. The maximum absolute atomic E-state index is 4.70. The van der Waals surface area contributed by atoms with Crippen molar-refractivity contribution in [2.75, 3.05) is 25.5 Å². The third kappa shape index (κ3) is 2.79. The maximum atomic E-state index is 4.70. The number of amidine groups is 1. The van der Waals surface area contributed by atoms with Crippen molar-refractivity contribution < 1.29 is 0 Å². The first-order valence-corrected chi connectivity index (χ1v) is 6.67. The van der Waals surface area contributed by atoms with Crippen molar-refractivity contribution in [3.8, 4) is 0 Å². The van der Waals surface area contributed by atoms with Gasteiger partial charge in [0.15, 0.2) is 0 Å². The zero-order valence-electron chi connectivity index (χ0n) is 12.1. The fourth-order valence-electron chi connectivity index (χ4n) is 2.25. The Bertz CT molecular complexity index is 478. The van der Waals surface area contributed by atoms with Crippen molar-refractivity contribution in [1.82, 2.24) is 10.2 Å². The van der Waals surface area contributed by atoms with Crippen LogP contribution >= 0.6 is 0 Å². The normalized spacial score (nSPS) is 18.9. The molecule has 0 aromatic heterocycles. The number of anilines is 1. The van der Waals surface area contributed by atoms with Crippen molar-refractivity contribution in [2.45, 2.75) is 20.0 Å². The van der Waals surface area contributed by atoms with Crippen LogP contribution < -0.4 is 10.2 Å². The number of aliphatic imine (C=N–C) groups is 1. The SMILES string of the molecule is CCN(C1=CC(NC)N(C)C(C)=N1)c1ccccc1. The molecule has 0 saturated carbocycles. The summed E-state index contributed by atoms with van der Waals surface area (Å²) in [5.41, 5.74) is 1.17. The summed E-state index contributed by atoms with van der Waals surface area (Å²) in [4.78, 5) is 9.05. The molecule has 1 N–H and O–H groups in total. The number of nitrogens with one attached hydrogen (secondary N) is 1. The smallest absolute Gasteiger partial charge is 0.134 e. The van der Waals surface area contributed by atoms with Gasteiger partial charge < -0.3 is 9.80 Å². The lowest BCUT2D eigenvalue weighted by Crippen LogP contribution is -2.46. The van der Waals surface area contributed by atoms with Crippen molar-refractivity contribution in [3.05, 3.63) is 42.2 Å². The van der Waals surface area contributed by atoms with Crippen LogP contribution in [0.15, 0.2) is 47.2 Å². The number of nitrogens with zero attached hydrogens (tertiary/aromatic N) is 3. The quantitative estimate of drug-likeness (QED) is 0.898. The van der Waals surface area contributed by atoms with Gasteiger partial charge in [0.1, 0.15) is 17.8 Å². The molecule has 1 aromatic carbocycles. The molecule has 1 aromatic rings. The van der Waals surface area contributed by atoms with Gasteiger partial charge in [-0.25, -0.2) is 4.99 Å². The fourth-order valence-corrected chi connectivity index (χ4v) is 2.25. The van der Waals surface area contributed by atoms with Gasteiger partial charge in [0.2, 0.25) is 0 Å². The van der Waals surface area contributed by atoms with E-state index < -0.39 is 0 Å². The lowest BCUT2D eigenvalue weighted by molar-refractivity contribution is 0.371. The van der Waals surface area contributed by atoms with E-state index >= 15 is 0 Å². The van der Waals surface area contributed by atoms with Gasteiger partial charge in [0.25, 0.3) is 0 Å². The van der Waals surface area contributed by atoms with Gasteiger partial charge in [-0.1, -0.05) is 18.2 Å². The molecule has 2 rings (SSSR count). The van der Waals surface area contributed by atoms with Crippen LogP contribution in [0.1, 0.15) is 13.8 Å². The van der Waals surface area contributed by atoms with E-state index in [1.165, 1.54) is 5.69 Å². The maximum Gasteiger partial charge on any atom is 0.134 e. The number of rotatable bonds is 4. The lowest BCUT2D eigenvalue weighted by atomic mass is 10.2. The standard InChI is InChI=1S/C15H22N4/c1-5-19(13-9-7-6-8-10-13)15-11-14(16-3)18(4)12(2)17-15/h6-11,14,16H,5H2,1-4H3. The molecule has 0 radical (unpaired) electrons. The van der Waals surface area contributed by atoms with Crippen molar-refractivity contribution >= 4 is 11.5 Å². The summed E-state index contributed by atoms with van der Waals surface area (Å²) in [6.07, 6.45) is 2.34. The number of para-hydroxylation sites is 1. The van der Waals surface area contributed by atoms with Crippen LogP contribution in [-0.4, -0.2) is 37.5 Å². The van der Waals surface area contributed by atoms with Crippen molar-refractivity contribution in [1.29, 1.82) is 0 Å². The molecule has 102 valence electrons. The molecule has 4 nitrogen and oxygen atoms in total. The summed E-state index contributed by atoms with van der Waals surface area (Å²) in [5.74, 6) is 2.02. The summed E-state index contributed by atoms with van der Waals surface area (Å²) in [6.45, 7) is 5.08. The molecule has 1 aliphatic rings. The third-order valence-electron chi connectivity index (χ3n) is 3.47. The monoisotopic (exact) mass is 258 g/mol. The molecule has 0 saturated heterocycles. The van der Waals surface area contributed by atoms with Gasteiger partial charge in [-0.2, -0.15) is 0 Å². The van der Waals surface area contributed by atoms with E-state index in [-0.39, 0.29) is 6.17 Å². The first-order valence-electron chi connectivity index (χ1n) is 6.67. The minimum atomic E-state index is 0.185. The van der Waals surface area contributed by atoms with E-state index in [0.29, 0.717) is 0 Å². The average Bonchev–Trinajstić information content (AvgIpc) is 2.44. The third-order valence-corrected chi connectivity index (χ3v) is 3.47. The Kier molecular flexibility index (Phi) is 4.22. The van der Waals surface area contributed by atoms with Crippen LogP contribution in [0.3, 0.4) is 0 Å². The summed E-state index contributed by atoms with van der Waals surface area (Å²) in [7, 11) is 4.01. The summed E-state index contributed by atoms with van der Waals surface area (Å²) >= 11 is 0. The summed E-state index contributed by atoms with van der Waals surface area (Å²) in [6, 6.07) is 10.4. The Morgan fingerprint density at radius 1 is 1.32 bits per heavy atom. The Hall–Kier alpha value is -1.81. The summed E-state index contributed by atoms with van der Waals surface area (Å²) in [5, 5.41) is 3.29. The molecular weight excluding hydrogens is 236 g/mol. The zero-order valence-corrected chi connectivity index (χ0v) is 12.1. The second-order valence-corrected chi connectivity index (χ2v) is 4.61. The van der Waals surface area contributed by atoms with E-state index in [1.807, 2.05) is 27.1 Å². The molecule has 0 amide bonds. The van der Waals surface area contributed by atoms with Gasteiger partial charge in [-0.05, 0) is 39.1 Å². The topological polar surface area (TPSA) is 30.9 Å². The molecule has 1 aliphatic heterocycles. The van der Waals surface area contributed by atoms with Crippen LogP contribution in [0.5, 0.6) is 0 Å². The van der Waals surface area contributed by atoms with Crippen LogP contribution in [0.2, 0.25) is 0 Å². The Morgan fingerprint density at radius 3 is 2.58 bits per heavy atom. The minimum Gasteiger partial charge on any atom is -0.344 e. The number of likely N-dealkylation sites (N-methyl/N-ethyl adjacent to an activating group) is 2. The molecule has 1 heterocycles. The number of benzene rings is 1. The first kappa shape index (κ1) is 13.6. The predicted molar refractivity (Wildman–Crippen MR) is 81.3 cm³/mol. The van der Waals surface area contributed by atoms with Crippen molar-refractivity contribution in [3.63, 3.8) is 0 Å². The minimum absolute atomic E-state index is 0.185. The van der Waals surface area contributed by atoms with Crippen molar-refractivity contribution in [2.24, 2.45) is 4.99 Å². The zero-order chi connectivity index (χ0) is 13.8. The second kappa shape index (κ2) is 5.89. The molecule has 19 heavy (non-hydrogen) atoms. The van der Waals surface area contributed by atoms with Gasteiger partial charge in [-0.3, -0.25) is 5.32 Å². The number of hydrogen-bond acceptors (Lipinski definition) is 4. The van der Waals surface area contributed by atoms with E-state index in [2.05, 4.69) is 52.4 Å². The van der Waals surface area contributed by atoms with Crippen LogP contribution in [0.4, 0.5) is 5.69 Å². The highest BCUT2D eigenvalue weighted by Gasteiger charge is 2.21. The van der Waals surface area contributed by atoms with Crippen LogP contribution in [0, 0.1) is 0 Å². The van der Waals surface area contributed by atoms with Gasteiger partial charge in [0.05, 0.1) is 0 Å². The molecule has 1 unspecified atom stereocenters. The average molecular weight is 258 g/mol. The van der Waals surface area contributed by atoms with E-state index in [4.69, 9.17) is 4.99 Å². The van der Waals surface area contributed by atoms with E-state index in [1.54, 1.807) is 0 Å².